The van der Waals surface area contributed by atoms with Crippen LogP contribution in [0.3, 0.4) is 0 Å². The number of nitrogens with zero attached hydrogens (tertiary/aromatic N) is 3. The SMILES string of the molecule is CCc1ccc(-n2c(SCC(=O)N3CCCC3c3cccs3)nc3ccccc3c2=O)cc1. The summed E-state index contributed by atoms with van der Waals surface area (Å²) in [5.74, 6) is 0.339. The minimum absolute atomic E-state index is 0.0891. The fourth-order valence-electron chi connectivity index (χ4n) is 4.37. The second kappa shape index (κ2) is 9.53. The number of hydrogen-bond donors (Lipinski definition) is 0. The van der Waals surface area contributed by atoms with Crippen LogP contribution in [0.5, 0.6) is 0 Å². The van der Waals surface area contributed by atoms with E-state index < -0.39 is 0 Å². The maximum atomic E-state index is 13.4. The molecule has 0 spiro atoms. The van der Waals surface area contributed by atoms with Crippen LogP contribution in [0.15, 0.2) is 76.0 Å². The average molecular weight is 476 g/mol. The highest BCUT2D eigenvalue weighted by Crippen LogP contribution is 2.35. The molecule has 7 heteroatoms. The molecule has 1 unspecified atom stereocenters. The van der Waals surface area contributed by atoms with E-state index in [0.29, 0.717) is 16.1 Å². The van der Waals surface area contributed by atoms with Crippen molar-refractivity contribution in [3.63, 3.8) is 0 Å². The lowest BCUT2D eigenvalue weighted by atomic mass is 10.1. The first kappa shape index (κ1) is 21.9. The Morgan fingerprint density at radius 3 is 2.70 bits per heavy atom. The van der Waals surface area contributed by atoms with E-state index in [1.165, 1.54) is 22.2 Å². The zero-order chi connectivity index (χ0) is 22.8. The molecule has 2 aromatic carbocycles. The number of benzene rings is 2. The first-order valence-corrected chi connectivity index (χ1v) is 13.1. The summed E-state index contributed by atoms with van der Waals surface area (Å²) in [6, 6.07) is 19.7. The van der Waals surface area contributed by atoms with Crippen molar-refractivity contribution in [3.05, 3.63) is 86.8 Å². The molecule has 1 fully saturated rings. The van der Waals surface area contributed by atoms with Crippen molar-refractivity contribution >= 4 is 39.9 Å². The van der Waals surface area contributed by atoms with Crippen LogP contribution in [0.25, 0.3) is 16.6 Å². The van der Waals surface area contributed by atoms with Crippen molar-refractivity contribution in [2.24, 2.45) is 0 Å². The molecule has 1 saturated heterocycles. The van der Waals surface area contributed by atoms with E-state index >= 15 is 0 Å². The fraction of sp³-hybridized carbons (Fsp3) is 0.269. The summed E-state index contributed by atoms with van der Waals surface area (Å²) in [5.41, 5.74) is 2.51. The van der Waals surface area contributed by atoms with Crippen molar-refractivity contribution in [2.45, 2.75) is 37.4 Å². The summed E-state index contributed by atoms with van der Waals surface area (Å²) >= 11 is 3.04. The second-order valence-corrected chi connectivity index (χ2v) is 10.0. The highest BCUT2D eigenvalue weighted by molar-refractivity contribution is 7.99. The second-order valence-electron chi connectivity index (χ2n) is 8.12. The highest BCUT2D eigenvalue weighted by Gasteiger charge is 2.30. The molecule has 3 heterocycles. The average Bonchev–Trinajstić information content (AvgIpc) is 3.55. The smallest absolute Gasteiger partial charge is 0.266 e. The topological polar surface area (TPSA) is 55.2 Å². The van der Waals surface area contributed by atoms with Crippen LogP contribution < -0.4 is 5.56 Å². The molecule has 0 N–H and O–H groups in total. The van der Waals surface area contributed by atoms with E-state index in [1.807, 2.05) is 53.4 Å². The highest BCUT2D eigenvalue weighted by atomic mass is 32.2. The predicted octanol–water partition coefficient (Wildman–Crippen LogP) is 5.47. The molecule has 1 aliphatic heterocycles. The first-order chi connectivity index (χ1) is 16.2. The molecule has 1 amide bonds. The summed E-state index contributed by atoms with van der Waals surface area (Å²) in [7, 11) is 0. The van der Waals surface area contributed by atoms with E-state index in [-0.39, 0.29) is 23.3 Å². The Labute approximate surface area is 201 Å². The summed E-state index contributed by atoms with van der Waals surface area (Å²) in [4.78, 5) is 34.6. The van der Waals surface area contributed by atoms with Gasteiger partial charge in [0, 0.05) is 11.4 Å². The third kappa shape index (κ3) is 4.35. The van der Waals surface area contributed by atoms with E-state index in [1.54, 1.807) is 22.0 Å². The maximum absolute atomic E-state index is 13.4. The quantitative estimate of drug-likeness (QED) is 0.274. The van der Waals surface area contributed by atoms with E-state index in [4.69, 9.17) is 4.98 Å². The number of thioether (sulfide) groups is 1. The molecule has 5 rings (SSSR count). The number of para-hydroxylation sites is 1. The standard InChI is InChI=1S/C26H25N3O2S2/c1-2-18-11-13-19(14-12-18)29-25(31)20-7-3-4-8-21(20)27-26(29)33-17-24(30)28-15-5-9-22(28)23-10-6-16-32-23/h3-4,6-8,10-14,16,22H,2,5,9,15,17H2,1H3. The molecule has 0 bridgehead atoms. The van der Waals surface area contributed by atoms with Crippen LogP contribution in [0, 0.1) is 0 Å². The minimum Gasteiger partial charge on any atom is -0.334 e. The van der Waals surface area contributed by atoms with Gasteiger partial charge in [0.15, 0.2) is 5.16 Å². The monoisotopic (exact) mass is 475 g/mol. The number of rotatable bonds is 6. The Hall–Kier alpha value is -2.90. The number of amides is 1. The lowest BCUT2D eigenvalue weighted by molar-refractivity contribution is -0.129. The van der Waals surface area contributed by atoms with Crippen molar-refractivity contribution < 1.29 is 4.79 Å². The van der Waals surface area contributed by atoms with Gasteiger partial charge in [-0.25, -0.2) is 4.98 Å². The summed E-state index contributed by atoms with van der Waals surface area (Å²) in [6.07, 6.45) is 2.95. The number of likely N-dealkylation sites (tertiary alicyclic amines) is 1. The van der Waals surface area contributed by atoms with Gasteiger partial charge in [-0.3, -0.25) is 14.2 Å². The summed E-state index contributed by atoms with van der Waals surface area (Å²) < 4.78 is 1.64. The van der Waals surface area contributed by atoms with Crippen LogP contribution in [-0.2, 0) is 11.2 Å². The Kier molecular flexibility index (Phi) is 6.33. The van der Waals surface area contributed by atoms with Crippen LogP contribution >= 0.6 is 23.1 Å². The zero-order valence-corrected chi connectivity index (χ0v) is 20.1. The molecular formula is C26H25N3O2S2. The van der Waals surface area contributed by atoms with Gasteiger partial charge in [0.05, 0.1) is 28.4 Å². The van der Waals surface area contributed by atoms with Gasteiger partial charge < -0.3 is 4.90 Å². The molecule has 168 valence electrons. The number of carbonyl (C=O) groups is 1. The van der Waals surface area contributed by atoms with Gasteiger partial charge in [0.2, 0.25) is 5.91 Å². The molecule has 33 heavy (non-hydrogen) atoms. The first-order valence-electron chi connectivity index (χ1n) is 11.2. The minimum atomic E-state index is -0.113. The van der Waals surface area contributed by atoms with E-state index in [0.717, 1.165) is 31.5 Å². The molecule has 2 aromatic heterocycles. The molecule has 0 radical (unpaired) electrons. The van der Waals surface area contributed by atoms with Crippen molar-refractivity contribution in [3.8, 4) is 5.69 Å². The number of thiophene rings is 1. The lowest BCUT2D eigenvalue weighted by Gasteiger charge is -2.24. The third-order valence-electron chi connectivity index (χ3n) is 6.12. The predicted molar refractivity (Wildman–Crippen MR) is 135 cm³/mol. The largest absolute Gasteiger partial charge is 0.334 e. The lowest BCUT2D eigenvalue weighted by Crippen LogP contribution is -2.32. The third-order valence-corrected chi connectivity index (χ3v) is 8.01. The van der Waals surface area contributed by atoms with Crippen molar-refractivity contribution in [1.29, 1.82) is 0 Å². The van der Waals surface area contributed by atoms with Gasteiger partial charge in [-0.15, -0.1) is 11.3 Å². The van der Waals surface area contributed by atoms with Crippen molar-refractivity contribution in [2.75, 3.05) is 12.3 Å². The van der Waals surface area contributed by atoms with E-state index in [9.17, 15) is 9.59 Å². The Morgan fingerprint density at radius 2 is 1.94 bits per heavy atom. The molecule has 1 aliphatic rings. The molecule has 4 aromatic rings. The van der Waals surface area contributed by atoms with Crippen LogP contribution in [0.2, 0.25) is 0 Å². The number of aromatic nitrogens is 2. The number of fused-ring (bicyclic) bond motifs is 1. The summed E-state index contributed by atoms with van der Waals surface area (Å²) in [5, 5.41) is 3.18. The van der Waals surface area contributed by atoms with Crippen LogP contribution in [0.1, 0.15) is 36.2 Å². The molecule has 0 aliphatic carbocycles. The normalized spacial score (nSPS) is 15.9. The molecule has 0 saturated carbocycles. The van der Waals surface area contributed by atoms with Gasteiger partial charge in [-0.2, -0.15) is 0 Å². The van der Waals surface area contributed by atoms with Crippen LogP contribution in [0.4, 0.5) is 0 Å². The fourth-order valence-corrected chi connectivity index (χ4v) is 6.14. The molecule has 1 atom stereocenters. The van der Waals surface area contributed by atoms with Crippen LogP contribution in [-0.4, -0.2) is 32.7 Å². The number of aryl methyl sites for hydroxylation is 1. The summed E-state index contributed by atoms with van der Waals surface area (Å²) in [6.45, 7) is 2.88. The van der Waals surface area contributed by atoms with Crippen molar-refractivity contribution in [1.82, 2.24) is 14.5 Å². The molecular weight excluding hydrogens is 450 g/mol. The Balaban J connectivity index is 1.47. The molecule has 5 nitrogen and oxygen atoms in total. The van der Waals surface area contributed by atoms with Gasteiger partial charge in [0.25, 0.3) is 5.56 Å². The number of hydrogen-bond acceptors (Lipinski definition) is 5. The van der Waals surface area contributed by atoms with Gasteiger partial charge in [-0.05, 0) is 60.5 Å². The van der Waals surface area contributed by atoms with Gasteiger partial charge >= 0.3 is 0 Å². The maximum Gasteiger partial charge on any atom is 0.266 e. The Bertz CT molecular complexity index is 1330. The zero-order valence-electron chi connectivity index (χ0n) is 18.4. The number of carbonyl (C=O) groups excluding carboxylic acids is 1. The Morgan fingerprint density at radius 1 is 1.12 bits per heavy atom. The van der Waals surface area contributed by atoms with Gasteiger partial charge in [0.1, 0.15) is 0 Å². The van der Waals surface area contributed by atoms with Gasteiger partial charge in [-0.1, -0.05) is 49.0 Å². The van der Waals surface area contributed by atoms with E-state index in [2.05, 4.69) is 18.4 Å².